The van der Waals surface area contributed by atoms with Gasteiger partial charge in [-0.3, -0.25) is 9.59 Å². The number of nitrogens with one attached hydrogen (secondary N) is 2. The number of carbonyl (C=O) groups excluding carboxylic acids is 2. The summed E-state index contributed by atoms with van der Waals surface area (Å²) in [6.07, 6.45) is 9.07. The SMILES string of the molecule is CCCCCCCCCCC(Oc1cccc2cc(C)c(C)cc12)C(=O)Nc1cc(O)c(NC(C)=O)cc1Cl. The van der Waals surface area contributed by atoms with Gasteiger partial charge in [-0.1, -0.05) is 81.7 Å². The summed E-state index contributed by atoms with van der Waals surface area (Å²) in [5, 5.41) is 17.9. The van der Waals surface area contributed by atoms with Crippen LogP contribution in [0.3, 0.4) is 0 Å². The lowest BCUT2D eigenvalue weighted by atomic mass is 10.0. The number of anilines is 2. The molecule has 0 heterocycles. The zero-order valence-electron chi connectivity index (χ0n) is 23.5. The Kier molecular flexibility index (Phi) is 11.5. The minimum Gasteiger partial charge on any atom is -0.506 e. The van der Waals surface area contributed by atoms with Crippen molar-refractivity contribution in [3.05, 3.63) is 58.6 Å². The van der Waals surface area contributed by atoms with Crippen LogP contribution in [-0.4, -0.2) is 23.0 Å². The second-order valence-electron chi connectivity index (χ2n) is 10.3. The molecule has 3 aromatic carbocycles. The number of halogens is 1. The lowest BCUT2D eigenvalue weighted by Crippen LogP contribution is -2.33. The van der Waals surface area contributed by atoms with E-state index in [0.717, 1.165) is 35.6 Å². The average Bonchev–Trinajstić information content (AvgIpc) is 2.88. The van der Waals surface area contributed by atoms with Crippen LogP contribution in [-0.2, 0) is 9.59 Å². The predicted molar refractivity (Wildman–Crippen MR) is 161 cm³/mol. The minimum absolute atomic E-state index is 0.179. The van der Waals surface area contributed by atoms with Crippen LogP contribution < -0.4 is 15.4 Å². The Morgan fingerprint density at radius 1 is 0.897 bits per heavy atom. The molecule has 1 unspecified atom stereocenters. The van der Waals surface area contributed by atoms with Crippen molar-refractivity contribution in [2.45, 2.75) is 91.6 Å². The summed E-state index contributed by atoms with van der Waals surface area (Å²) in [5.41, 5.74) is 2.79. The van der Waals surface area contributed by atoms with Crippen LogP contribution in [0.1, 0.15) is 82.8 Å². The molecule has 39 heavy (non-hydrogen) atoms. The fourth-order valence-electron chi connectivity index (χ4n) is 4.64. The first-order valence-electron chi connectivity index (χ1n) is 14.0. The number of hydrogen-bond acceptors (Lipinski definition) is 4. The standard InChI is InChI=1S/C32H41ClN2O4/c1-5-6-7-8-9-10-11-12-15-31(39-30-16-13-14-24-17-21(2)22(3)18-25(24)30)32(38)35-27-20-29(37)28(19-26(27)33)34-23(4)36/h13-14,16-20,31,37H,5-12,15H2,1-4H3,(H,34,36)(H,35,38). The molecule has 0 bridgehead atoms. The quantitative estimate of drug-likeness (QED) is 0.138. The molecule has 0 spiro atoms. The molecule has 0 aliphatic rings. The number of aromatic hydroxyl groups is 1. The highest BCUT2D eigenvalue weighted by Crippen LogP contribution is 2.35. The average molecular weight is 553 g/mol. The van der Waals surface area contributed by atoms with Crippen molar-refractivity contribution < 1.29 is 19.4 Å². The van der Waals surface area contributed by atoms with Gasteiger partial charge in [-0.15, -0.1) is 0 Å². The molecule has 210 valence electrons. The van der Waals surface area contributed by atoms with Crippen LogP contribution in [0.2, 0.25) is 5.02 Å². The first kappa shape index (κ1) is 30.3. The van der Waals surface area contributed by atoms with E-state index in [2.05, 4.69) is 43.5 Å². The molecule has 2 amide bonds. The molecule has 6 nitrogen and oxygen atoms in total. The summed E-state index contributed by atoms with van der Waals surface area (Å²) in [6.45, 7) is 7.70. The summed E-state index contributed by atoms with van der Waals surface area (Å²) in [4.78, 5) is 24.9. The van der Waals surface area contributed by atoms with Crippen LogP contribution in [0.25, 0.3) is 10.8 Å². The molecule has 1 atom stereocenters. The van der Waals surface area contributed by atoms with Crippen molar-refractivity contribution in [2.75, 3.05) is 10.6 Å². The van der Waals surface area contributed by atoms with Gasteiger partial charge in [0.25, 0.3) is 5.91 Å². The molecule has 0 fully saturated rings. The maximum atomic E-state index is 13.5. The highest BCUT2D eigenvalue weighted by molar-refractivity contribution is 6.34. The smallest absolute Gasteiger partial charge is 0.265 e. The molecular formula is C32H41ClN2O4. The Labute approximate surface area is 237 Å². The van der Waals surface area contributed by atoms with Crippen molar-refractivity contribution in [2.24, 2.45) is 0 Å². The van der Waals surface area contributed by atoms with Gasteiger partial charge >= 0.3 is 0 Å². The van der Waals surface area contributed by atoms with E-state index in [9.17, 15) is 14.7 Å². The van der Waals surface area contributed by atoms with E-state index in [1.807, 2.05) is 18.2 Å². The summed E-state index contributed by atoms with van der Waals surface area (Å²) in [5.74, 6) is -0.208. The van der Waals surface area contributed by atoms with Gasteiger partial charge in [-0.05, 0) is 61.4 Å². The number of aryl methyl sites for hydroxylation is 2. The molecule has 0 aliphatic heterocycles. The number of fused-ring (bicyclic) bond motifs is 1. The van der Waals surface area contributed by atoms with Gasteiger partial charge in [-0.25, -0.2) is 0 Å². The summed E-state index contributed by atoms with van der Waals surface area (Å²) in [6, 6.07) is 12.9. The van der Waals surface area contributed by atoms with Gasteiger partial charge in [0, 0.05) is 18.4 Å². The van der Waals surface area contributed by atoms with E-state index in [1.165, 1.54) is 56.7 Å². The number of rotatable bonds is 14. The Morgan fingerprint density at radius 2 is 1.56 bits per heavy atom. The monoisotopic (exact) mass is 552 g/mol. The minimum atomic E-state index is -0.745. The summed E-state index contributed by atoms with van der Waals surface area (Å²) >= 11 is 6.38. The number of phenolic OH excluding ortho intramolecular Hbond substituents is 1. The van der Waals surface area contributed by atoms with Crippen molar-refractivity contribution >= 4 is 45.6 Å². The first-order chi connectivity index (χ1) is 18.7. The third-order valence-electron chi connectivity index (χ3n) is 6.99. The number of phenols is 1. The molecule has 0 aliphatic carbocycles. The number of hydrogen-bond donors (Lipinski definition) is 3. The Balaban J connectivity index is 1.77. The fraction of sp³-hybridized carbons (Fsp3) is 0.438. The zero-order valence-corrected chi connectivity index (χ0v) is 24.3. The zero-order chi connectivity index (χ0) is 28.4. The molecule has 0 saturated heterocycles. The Bertz CT molecular complexity index is 1290. The number of ether oxygens (including phenoxy) is 1. The normalized spacial score (nSPS) is 11.8. The second-order valence-corrected chi connectivity index (χ2v) is 10.7. The Hall–Kier alpha value is -3.25. The van der Waals surface area contributed by atoms with Gasteiger partial charge in [0.2, 0.25) is 5.91 Å². The number of carbonyl (C=O) groups is 2. The lowest BCUT2D eigenvalue weighted by molar-refractivity contribution is -0.123. The highest BCUT2D eigenvalue weighted by Gasteiger charge is 2.23. The van der Waals surface area contributed by atoms with Crippen molar-refractivity contribution in [1.82, 2.24) is 0 Å². The van der Waals surface area contributed by atoms with Crippen LogP contribution in [0.15, 0.2) is 42.5 Å². The Morgan fingerprint density at radius 3 is 2.26 bits per heavy atom. The molecule has 0 saturated carbocycles. The second kappa shape index (κ2) is 14.8. The largest absolute Gasteiger partial charge is 0.506 e. The van der Waals surface area contributed by atoms with E-state index in [1.54, 1.807) is 0 Å². The number of amides is 2. The van der Waals surface area contributed by atoms with Gasteiger partial charge < -0.3 is 20.5 Å². The summed E-state index contributed by atoms with van der Waals surface area (Å²) in [7, 11) is 0. The number of unbranched alkanes of at least 4 members (excludes halogenated alkanes) is 7. The van der Waals surface area contributed by atoms with E-state index in [0.29, 0.717) is 12.2 Å². The van der Waals surface area contributed by atoms with Crippen molar-refractivity contribution in [3.63, 3.8) is 0 Å². The van der Waals surface area contributed by atoms with Gasteiger partial charge in [0.1, 0.15) is 11.5 Å². The topological polar surface area (TPSA) is 87.7 Å². The molecular weight excluding hydrogens is 512 g/mol. The number of benzene rings is 3. The van der Waals surface area contributed by atoms with E-state index in [-0.39, 0.29) is 34.0 Å². The van der Waals surface area contributed by atoms with Crippen LogP contribution in [0.4, 0.5) is 11.4 Å². The van der Waals surface area contributed by atoms with Crippen molar-refractivity contribution in [3.8, 4) is 11.5 Å². The van der Waals surface area contributed by atoms with Crippen molar-refractivity contribution in [1.29, 1.82) is 0 Å². The lowest BCUT2D eigenvalue weighted by Gasteiger charge is -2.21. The van der Waals surface area contributed by atoms with Gasteiger partial charge in [-0.2, -0.15) is 0 Å². The van der Waals surface area contributed by atoms with E-state index in [4.69, 9.17) is 16.3 Å². The van der Waals surface area contributed by atoms with Gasteiger partial charge in [0.15, 0.2) is 6.10 Å². The van der Waals surface area contributed by atoms with E-state index < -0.39 is 6.10 Å². The molecule has 3 aromatic rings. The third-order valence-corrected chi connectivity index (χ3v) is 7.30. The van der Waals surface area contributed by atoms with Crippen LogP contribution in [0.5, 0.6) is 11.5 Å². The molecule has 0 radical (unpaired) electrons. The highest BCUT2D eigenvalue weighted by atomic mass is 35.5. The van der Waals surface area contributed by atoms with Gasteiger partial charge in [0.05, 0.1) is 16.4 Å². The predicted octanol–water partition coefficient (Wildman–Crippen LogP) is 8.69. The molecule has 0 aromatic heterocycles. The first-order valence-corrected chi connectivity index (χ1v) is 14.3. The summed E-state index contributed by atoms with van der Waals surface area (Å²) < 4.78 is 6.39. The fourth-order valence-corrected chi connectivity index (χ4v) is 4.85. The molecule has 7 heteroatoms. The molecule has 3 N–H and O–H groups in total. The van der Waals surface area contributed by atoms with Crippen LogP contribution in [0, 0.1) is 13.8 Å². The molecule has 3 rings (SSSR count). The maximum absolute atomic E-state index is 13.5. The third kappa shape index (κ3) is 8.89. The van der Waals surface area contributed by atoms with Crippen LogP contribution >= 0.6 is 11.6 Å². The maximum Gasteiger partial charge on any atom is 0.265 e. The van der Waals surface area contributed by atoms with E-state index >= 15 is 0 Å².